The van der Waals surface area contributed by atoms with Crippen LogP contribution in [0.2, 0.25) is 5.02 Å². The molecule has 2 rings (SSSR count). The molecule has 3 N–H and O–H groups in total. The van der Waals surface area contributed by atoms with Crippen LogP contribution in [-0.2, 0) is 0 Å². The number of nitrogen functional groups attached to an aromatic ring is 1. The summed E-state index contributed by atoms with van der Waals surface area (Å²) in [4.78, 5) is 13.7. The maximum absolute atomic E-state index is 11.1. The van der Waals surface area contributed by atoms with Crippen LogP contribution in [0, 0.1) is 0 Å². The first-order valence-electron chi connectivity index (χ1n) is 3.75. The summed E-state index contributed by atoms with van der Waals surface area (Å²) < 4.78 is 0. The third-order valence-corrected chi connectivity index (χ3v) is 2.11. The molecule has 0 amide bonds. The number of H-pyrrole nitrogens is 1. The van der Waals surface area contributed by atoms with Gasteiger partial charge in [0, 0.05) is 5.69 Å². The summed E-state index contributed by atoms with van der Waals surface area (Å²) in [5.74, 6) is 0. The van der Waals surface area contributed by atoms with Gasteiger partial charge in [-0.15, -0.1) is 0 Å². The fourth-order valence-corrected chi connectivity index (χ4v) is 1.36. The summed E-state index contributed by atoms with van der Waals surface area (Å²) in [5, 5.41) is 1.07. The summed E-state index contributed by atoms with van der Waals surface area (Å²) in [6.45, 7) is 0. The fraction of sp³-hybridized carbons (Fsp3) is 0. The van der Waals surface area contributed by atoms with Crippen LogP contribution in [0.15, 0.2) is 29.1 Å². The van der Waals surface area contributed by atoms with Crippen LogP contribution in [0.4, 0.5) is 5.69 Å². The molecule has 0 aliphatic carbocycles. The van der Waals surface area contributed by atoms with Gasteiger partial charge in [0.1, 0.15) is 5.02 Å². The van der Waals surface area contributed by atoms with Gasteiger partial charge in [0.05, 0.1) is 5.52 Å². The van der Waals surface area contributed by atoms with Crippen molar-refractivity contribution in [3.05, 3.63) is 39.6 Å². The largest absolute Gasteiger partial charge is 0.399 e. The fourth-order valence-electron chi connectivity index (χ4n) is 1.19. The first-order chi connectivity index (χ1) is 6.16. The molecule has 13 heavy (non-hydrogen) atoms. The van der Waals surface area contributed by atoms with Crippen LogP contribution in [-0.4, -0.2) is 4.98 Å². The SMILES string of the molecule is Nc1ccc2cc(Cl)c(=O)[nH]c2c1. The molecule has 0 saturated heterocycles. The minimum atomic E-state index is -0.292. The van der Waals surface area contributed by atoms with Crippen molar-refractivity contribution >= 4 is 28.2 Å². The predicted molar refractivity (Wildman–Crippen MR) is 54.0 cm³/mol. The maximum Gasteiger partial charge on any atom is 0.267 e. The van der Waals surface area contributed by atoms with Crippen molar-refractivity contribution < 1.29 is 0 Å². The van der Waals surface area contributed by atoms with E-state index in [-0.39, 0.29) is 10.6 Å². The van der Waals surface area contributed by atoms with Gasteiger partial charge in [-0.3, -0.25) is 4.79 Å². The lowest BCUT2D eigenvalue weighted by atomic mass is 10.2. The van der Waals surface area contributed by atoms with Crippen LogP contribution in [0.25, 0.3) is 10.9 Å². The molecule has 66 valence electrons. The Kier molecular flexibility index (Phi) is 1.74. The van der Waals surface area contributed by atoms with Gasteiger partial charge in [0.15, 0.2) is 0 Å². The highest BCUT2D eigenvalue weighted by Gasteiger charge is 1.99. The van der Waals surface area contributed by atoms with E-state index in [9.17, 15) is 4.79 Å². The first-order valence-corrected chi connectivity index (χ1v) is 4.13. The Morgan fingerprint density at radius 2 is 2.08 bits per heavy atom. The van der Waals surface area contributed by atoms with E-state index in [0.717, 1.165) is 5.39 Å². The Bertz CT molecular complexity index is 518. The van der Waals surface area contributed by atoms with E-state index < -0.39 is 0 Å². The van der Waals surface area contributed by atoms with Crippen molar-refractivity contribution in [1.29, 1.82) is 0 Å². The zero-order valence-electron chi connectivity index (χ0n) is 6.67. The van der Waals surface area contributed by atoms with E-state index in [0.29, 0.717) is 11.2 Å². The number of rotatable bonds is 0. The minimum Gasteiger partial charge on any atom is -0.399 e. The Hall–Kier alpha value is -1.48. The van der Waals surface area contributed by atoms with Gasteiger partial charge in [-0.05, 0) is 23.6 Å². The minimum absolute atomic E-state index is 0.192. The Morgan fingerprint density at radius 3 is 2.85 bits per heavy atom. The second kappa shape index (κ2) is 2.78. The number of benzene rings is 1. The van der Waals surface area contributed by atoms with Gasteiger partial charge in [0.2, 0.25) is 0 Å². The third-order valence-electron chi connectivity index (χ3n) is 1.82. The molecule has 0 radical (unpaired) electrons. The molecular formula is C9H7ClN2O. The molecule has 0 bridgehead atoms. The highest BCUT2D eigenvalue weighted by Crippen LogP contribution is 2.16. The molecule has 0 fully saturated rings. The normalized spacial score (nSPS) is 10.5. The standard InChI is InChI=1S/C9H7ClN2O/c10-7-3-5-1-2-6(11)4-8(5)12-9(7)13/h1-4H,11H2,(H,12,13). The highest BCUT2D eigenvalue weighted by molar-refractivity contribution is 6.31. The molecule has 0 aliphatic heterocycles. The lowest BCUT2D eigenvalue weighted by Gasteiger charge is -1.99. The molecular weight excluding hydrogens is 188 g/mol. The van der Waals surface area contributed by atoms with E-state index in [1.54, 1.807) is 18.2 Å². The Morgan fingerprint density at radius 1 is 1.31 bits per heavy atom. The number of aromatic amines is 1. The van der Waals surface area contributed by atoms with Crippen molar-refractivity contribution in [3.8, 4) is 0 Å². The average Bonchev–Trinajstić information content (AvgIpc) is 2.08. The summed E-state index contributed by atoms with van der Waals surface area (Å²) in [6, 6.07) is 6.89. The van der Waals surface area contributed by atoms with Crippen molar-refractivity contribution in [1.82, 2.24) is 4.98 Å². The van der Waals surface area contributed by atoms with E-state index in [4.69, 9.17) is 17.3 Å². The topological polar surface area (TPSA) is 58.9 Å². The van der Waals surface area contributed by atoms with E-state index in [1.165, 1.54) is 0 Å². The van der Waals surface area contributed by atoms with E-state index in [2.05, 4.69) is 4.98 Å². The number of anilines is 1. The van der Waals surface area contributed by atoms with Crippen molar-refractivity contribution in [2.24, 2.45) is 0 Å². The summed E-state index contributed by atoms with van der Waals surface area (Å²) >= 11 is 5.65. The van der Waals surface area contributed by atoms with Crippen LogP contribution >= 0.6 is 11.6 Å². The lowest BCUT2D eigenvalue weighted by molar-refractivity contribution is 1.31. The zero-order chi connectivity index (χ0) is 9.42. The number of hydrogen-bond acceptors (Lipinski definition) is 2. The number of fused-ring (bicyclic) bond motifs is 1. The maximum atomic E-state index is 11.1. The van der Waals surface area contributed by atoms with Crippen LogP contribution < -0.4 is 11.3 Å². The zero-order valence-corrected chi connectivity index (χ0v) is 7.43. The van der Waals surface area contributed by atoms with Gasteiger partial charge in [0.25, 0.3) is 5.56 Å². The lowest BCUT2D eigenvalue weighted by Crippen LogP contribution is -2.05. The van der Waals surface area contributed by atoms with E-state index >= 15 is 0 Å². The molecule has 4 heteroatoms. The quantitative estimate of drug-likeness (QED) is 0.628. The number of nitrogens with two attached hydrogens (primary N) is 1. The van der Waals surface area contributed by atoms with Crippen molar-refractivity contribution in [2.75, 3.05) is 5.73 Å². The Labute approximate surface area is 79.1 Å². The monoisotopic (exact) mass is 194 g/mol. The number of halogens is 1. The van der Waals surface area contributed by atoms with Crippen LogP contribution in [0.5, 0.6) is 0 Å². The van der Waals surface area contributed by atoms with Crippen LogP contribution in [0.3, 0.4) is 0 Å². The molecule has 0 saturated carbocycles. The number of nitrogens with one attached hydrogen (secondary N) is 1. The third kappa shape index (κ3) is 1.38. The predicted octanol–water partition coefficient (Wildman–Crippen LogP) is 1.76. The van der Waals surface area contributed by atoms with Crippen molar-refractivity contribution in [3.63, 3.8) is 0 Å². The number of hydrogen-bond donors (Lipinski definition) is 2. The molecule has 0 atom stereocenters. The molecule has 1 aromatic carbocycles. The average molecular weight is 195 g/mol. The molecule has 1 heterocycles. The first kappa shape index (κ1) is 8.13. The van der Waals surface area contributed by atoms with Crippen LogP contribution in [0.1, 0.15) is 0 Å². The molecule has 2 aromatic rings. The summed E-state index contributed by atoms with van der Waals surface area (Å²) in [5.41, 5.74) is 6.58. The van der Waals surface area contributed by atoms with Gasteiger partial charge < -0.3 is 10.7 Å². The molecule has 0 unspecified atom stereocenters. The summed E-state index contributed by atoms with van der Waals surface area (Å²) in [6.07, 6.45) is 0. The van der Waals surface area contributed by atoms with Crippen molar-refractivity contribution in [2.45, 2.75) is 0 Å². The highest BCUT2D eigenvalue weighted by atomic mass is 35.5. The number of pyridine rings is 1. The van der Waals surface area contributed by atoms with E-state index in [1.807, 2.05) is 6.07 Å². The summed E-state index contributed by atoms with van der Waals surface area (Å²) in [7, 11) is 0. The molecule has 3 nitrogen and oxygen atoms in total. The van der Waals surface area contributed by atoms with Gasteiger partial charge in [-0.1, -0.05) is 17.7 Å². The van der Waals surface area contributed by atoms with Gasteiger partial charge in [-0.25, -0.2) is 0 Å². The molecule has 0 aliphatic rings. The smallest absolute Gasteiger partial charge is 0.267 e. The second-order valence-electron chi connectivity index (χ2n) is 2.79. The van der Waals surface area contributed by atoms with Gasteiger partial charge in [-0.2, -0.15) is 0 Å². The molecule has 0 spiro atoms. The Balaban J connectivity index is 2.89. The molecule has 1 aromatic heterocycles. The second-order valence-corrected chi connectivity index (χ2v) is 3.20. The van der Waals surface area contributed by atoms with Gasteiger partial charge >= 0.3 is 0 Å². The number of aromatic nitrogens is 1.